The summed E-state index contributed by atoms with van der Waals surface area (Å²) >= 11 is 6.46. The molecule has 0 bridgehead atoms. The number of nitrogens with one attached hydrogen (secondary N) is 1. The summed E-state index contributed by atoms with van der Waals surface area (Å²) in [4.78, 5) is 39.0. The average molecular weight is 487 g/mol. The number of ether oxygens (including phenoxy) is 2. The zero-order chi connectivity index (χ0) is 24.2. The number of barbiturate groups is 1. The first-order chi connectivity index (χ1) is 16.4. The monoisotopic (exact) mass is 486 g/mol. The molecule has 1 saturated carbocycles. The molecule has 2 aromatic carbocycles. The third-order valence-corrected chi connectivity index (χ3v) is 6.04. The molecule has 4 rings (SSSR count). The Bertz CT molecular complexity index is 1140. The van der Waals surface area contributed by atoms with E-state index in [0.29, 0.717) is 17.9 Å². The second-order valence-electron chi connectivity index (χ2n) is 8.11. The molecule has 0 spiro atoms. The number of halogens is 2. The number of amides is 4. The summed E-state index contributed by atoms with van der Waals surface area (Å²) in [5.41, 5.74) is 1.04. The first-order valence-electron chi connectivity index (χ1n) is 11.1. The van der Waals surface area contributed by atoms with Crippen LogP contribution in [0.2, 0.25) is 5.02 Å². The second-order valence-corrected chi connectivity index (χ2v) is 8.52. The van der Waals surface area contributed by atoms with Crippen molar-refractivity contribution in [2.45, 2.75) is 45.3 Å². The lowest BCUT2D eigenvalue weighted by atomic mass is 10.0. The topological polar surface area (TPSA) is 84.9 Å². The molecule has 0 aromatic heterocycles. The van der Waals surface area contributed by atoms with Crippen LogP contribution in [0.25, 0.3) is 6.08 Å². The van der Waals surface area contributed by atoms with Gasteiger partial charge in [-0.15, -0.1) is 0 Å². The van der Waals surface area contributed by atoms with E-state index in [1.54, 1.807) is 31.2 Å². The quantitative estimate of drug-likeness (QED) is 0.446. The SMILES string of the molecule is CCOc1cc(/C=C2\C(=O)NC(=O)N(C3CCCC3)C2=O)cc(Cl)c1OCc1ccc(F)cc1. The number of benzene rings is 2. The van der Waals surface area contributed by atoms with E-state index >= 15 is 0 Å². The number of nitrogens with zero attached hydrogens (tertiary/aromatic N) is 1. The Labute approximate surface area is 201 Å². The van der Waals surface area contributed by atoms with Crippen LogP contribution in [0.3, 0.4) is 0 Å². The van der Waals surface area contributed by atoms with Crippen LogP contribution in [0, 0.1) is 5.82 Å². The zero-order valence-corrected chi connectivity index (χ0v) is 19.4. The highest BCUT2D eigenvalue weighted by molar-refractivity contribution is 6.33. The summed E-state index contributed by atoms with van der Waals surface area (Å²) in [6.45, 7) is 2.26. The number of rotatable bonds is 7. The smallest absolute Gasteiger partial charge is 0.331 e. The van der Waals surface area contributed by atoms with Gasteiger partial charge >= 0.3 is 6.03 Å². The molecule has 2 aromatic rings. The van der Waals surface area contributed by atoms with Crippen molar-refractivity contribution in [1.82, 2.24) is 10.2 Å². The standard InChI is InChI=1S/C25H24ClFN2O5/c1-2-33-21-13-16(12-20(26)22(21)34-14-15-7-9-17(27)10-8-15)11-19-23(30)28-25(32)29(24(19)31)18-5-3-4-6-18/h7-13,18H,2-6,14H2,1H3,(H,28,30,32)/b19-11+. The molecule has 2 aliphatic rings. The van der Waals surface area contributed by atoms with E-state index in [1.165, 1.54) is 18.2 Å². The van der Waals surface area contributed by atoms with Crippen LogP contribution < -0.4 is 14.8 Å². The van der Waals surface area contributed by atoms with Crippen molar-refractivity contribution in [3.63, 3.8) is 0 Å². The van der Waals surface area contributed by atoms with Crippen molar-refractivity contribution in [3.05, 3.63) is 63.9 Å². The Morgan fingerprint density at radius 1 is 1.12 bits per heavy atom. The van der Waals surface area contributed by atoms with Crippen molar-refractivity contribution in [2.24, 2.45) is 0 Å². The second kappa shape index (κ2) is 10.3. The maximum absolute atomic E-state index is 13.1. The third-order valence-electron chi connectivity index (χ3n) is 5.76. The van der Waals surface area contributed by atoms with Crippen LogP contribution in [0.4, 0.5) is 9.18 Å². The normalized spacial score (nSPS) is 17.9. The first kappa shape index (κ1) is 23.8. The van der Waals surface area contributed by atoms with Gasteiger partial charge in [-0.1, -0.05) is 36.6 Å². The molecule has 0 atom stereocenters. The van der Waals surface area contributed by atoms with E-state index < -0.39 is 17.8 Å². The maximum Gasteiger partial charge on any atom is 0.331 e. The molecule has 0 unspecified atom stereocenters. The van der Waals surface area contributed by atoms with Gasteiger partial charge in [0.25, 0.3) is 11.8 Å². The van der Waals surface area contributed by atoms with Crippen molar-refractivity contribution < 1.29 is 28.2 Å². The van der Waals surface area contributed by atoms with Crippen LogP contribution in [0.5, 0.6) is 11.5 Å². The van der Waals surface area contributed by atoms with Gasteiger partial charge in [-0.25, -0.2) is 9.18 Å². The van der Waals surface area contributed by atoms with E-state index in [-0.39, 0.29) is 34.8 Å². The van der Waals surface area contributed by atoms with E-state index in [1.807, 2.05) is 0 Å². The molecule has 2 fully saturated rings. The zero-order valence-electron chi connectivity index (χ0n) is 18.6. The van der Waals surface area contributed by atoms with Gasteiger partial charge in [-0.3, -0.25) is 19.8 Å². The maximum atomic E-state index is 13.1. The molecule has 1 N–H and O–H groups in total. The Kier molecular flexibility index (Phi) is 7.17. The molecular weight excluding hydrogens is 463 g/mol. The first-order valence-corrected chi connectivity index (χ1v) is 11.5. The van der Waals surface area contributed by atoms with Gasteiger partial charge in [0.15, 0.2) is 11.5 Å². The molecule has 7 nitrogen and oxygen atoms in total. The lowest BCUT2D eigenvalue weighted by Gasteiger charge is -2.31. The molecule has 34 heavy (non-hydrogen) atoms. The van der Waals surface area contributed by atoms with Crippen molar-refractivity contribution in [1.29, 1.82) is 0 Å². The van der Waals surface area contributed by atoms with Crippen LogP contribution in [-0.2, 0) is 16.2 Å². The van der Waals surface area contributed by atoms with Gasteiger partial charge < -0.3 is 9.47 Å². The largest absolute Gasteiger partial charge is 0.490 e. The number of urea groups is 1. The summed E-state index contributed by atoms with van der Waals surface area (Å²) in [5, 5.41) is 2.47. The van der Waals surface area contributed by atoms with Gasteiger partial charge in [0.05, 0.1) is 11.6 Å². The average Bonchev–Trinajstić information content (AvgIpc) is 3.32. The number of carbonyl (C=O) groups excluding carboxylic acids is 3. The molecule has 9 heteroatoms. The van der Waals surface area contributed by atoms with Crippen LogP contribution in [0.15, 0.2) is 42.0 Å². The molecule has 178 valence electrons. The van der Waals surface area contributed by atoms with Crippen molar-refractivity contribution >= 4 is 35.5 Å². The molecular formula is C25H24ClFN2O5. The van der Waals surface area contributed by atoms with Crippen molar-refractivity contribution in [2.75, 3.05) is 6.61 Å². The molecule has 1 heterocycles. The van der Waals surface area contributed by atoms with E-state index in [9.17, 15) is 18.8 Å². The van der Waals surface area contributed by atoms with Crippen LogP contribution >= 0.6 is 11.6 Å². The predicted octanol–water partition coefficient (Wildman–Crippen LogP) is 4.86. The highest BCUT2D eigenvalue weighted by atomic mass is 35.5. The minimum absolute atomic E-state index is 0.139. The fourth-order valence-electron chi connectivity index (χ4n) is 4.14. The summed E-state index contributed by atoms with van der Waals surface area (Å²) in [5.74, 6) is -1.10. The van der Waals surface area contributed by atoms with Gasteiger partial charge in [-0.05, 0) is 61.2 Å². The Hall–Kier alpha value is -3.39. The lowest BCUT2D eigenvalue weighted by molar-refractivity contribution is -0.131. The Morgan fingerprint density at radius 3 is 2.50 bits per heavy atom. The Morgan fingerprint density at radius 2 is 1.82 bits per heavy atom. The fourth-order valence-corrected chi connectivity index (χ4v) is 4.42. The summed E-state index contributed by atoms with van der Waals surface area (Å²) in [7, 11) is 0. The highest BCUT2D eigenvalue weighted by Crippen LogP contribution is 2.38. The van der Waals surface area contributed by atoms with Gasteiger partial charge in [0.1, 0.15) is 18.0 Å². The summed E-state index contributed by atoms with van der Waals surface area (Å²) in [6.07, 6.45) is 4.70. The molecule has 0 radical (unpaired) electrons. The van der Waals surface area contributed by atoms with E-state index in [0.717, 1.165) is 36.1 Å². The van der Waals surface area contributed by atoms with E-state index in [2.05, 4.69) is 5.32 Å². The number of hydrogen-bond acceptors (Lipinski definition) is 5. The fraction of sp³-hybridized carbons (Fsp3) is 0.320. The molecule has 4 amide bonds. The number of imide groups is 2. The van der Waals surface area contributed by atoms with Crippen molar-refractivity contribution in [3.8, 4) is 11.5 Å². The third kappa shape index (κ3) is 5.07. The van der Waals surface area contributed by atoms with E-state index in [4.69, 9.17) is 21.1 Å². The van der Waals surface area contributed by atoms with Crippen LogP contribution in [-0.4, -0.2) is 35.4 Å². The lowest BCUT2D eigenvalue weighted by Crippen LogP contribution is -2.57. The van der Waals surface area contributed by atoms with Gasteiger partial charge in [0, 0.05) is 6.04 Å². The number of carbonyl (C=O) groups is 3. The van der Waals surface area contributed by atoms with Crippen LogP contribution in [0.1, 0.15) is 43.7 Å². The predicted molar refractivity (Wildman–Crippen MR) is 124 cm³/mol. The Balaban J connectivity index is 1.61. The van der Waals surface area contributed by atoms with Gasteiger partial charge in [0.2, 0.25) is 0 Å². The number of hydrogen-bond donors (Lipinski definition) is 1. The minimum Gasteiger partial charge on any atom is -0.490 e. The molecule has 1 aliphatic heterocycles. The summed E-state index contributed by atoms with van der Waals surface area (Å²) in [6, 6.07) is 8.15. The highest BCUT2D eigenvalue weighted by Gasteiger charge is 2.40. The molecule has 1 saturated heterocycles. The minimum atomic E-state index is -0.755. The van der Waals surface area contributed by atoms with Gasteiger partial charge in [-0.2, -0.15) is 0 Å². The molecule has 1 aliphatic carbocycles. The summed E-state index contributed by atoms with van der Waals surface area (Å²) < 4.78 is 24.7.